The maximum absolute atomic E-state index is 10.2. The number of carboxylic acid groups (broad SMARTS) is 1. The molecule has 0 saturated carbocycles. The average molecular weight is 152 g/mol. The lowest BCUT2D eigenvalue weighted by molar-refractivity contribution is -0.255. The third kappa shape index (κ3) is 1.45. The molecule has 0 unspecified atom stereocenters. The van der Waals surface area contributed by atoms with E-state index in [9.17, 15) is 9.90 Å². The smallest absolute Gasteiger partial charge is 0.0714 e. The molecule has 0 spiro atoms. The van der Waals surface area contributed by atoms with Crippen LogP contribution in [-0.4, -0.2) is 5.97 Å². The van der Waals surface area contributed by atoms with Crippen LogP contribution in [0.3, 0.4) is 0 Å². The predicted molar refractivity (Wildman–Crippen MR) is 36.4 cm³/mol. The van der Waals surface area contributed by atoms with Crippen LogP contribution >= 0.6 is 0 Å². The van der Waals surface area contributed by atoms with Crippen LogP contribution in [0.2, 0.25) is 0 Å². The summed E-state index contributed by atoms with van der Waals surface area (Å²) >= 11 is 4.73. The Labute approximate surface area is 63.9 Å². The van der Waals surface area contributed by atoms with Gasteiger partial charge >= 0.3 is 0 Å². The number of carbonyl (C=O) groups excluding carboxylic acids is 1. The number of carboxylic acids is 1. The second-order valence-corrected chi connectivity index (χ2v) is 2.29. The van der Waals surface area contributed by atoms with E-state index in [-0.39, 0.29) is 5.56 Å². The molecule has 0 bridgehead atoms. The molecular weight excluding hydrogens is 148 g/mol. The molecule has 0 atom stereocenters. The van der Waals surface area contributed by atoms with Gasteiger partial charge in [-0.3, -0.25) is 0 Å². The van der Waals surface area contributed by atoms with Crippen LogP contribution in [0.4, 0.5) is 0 Å². The van der Waals surface area contributed by atoms with Crippen molar-refractivity contribution in [1.82, 2.24) is 0 Å². The third-order valence-electron chi connectivity index (χ3n) is 1.07. The molecule has 0 saturated heterocycles. The fourth-order valence-electron chi connectivity index (χ4n) is 0.623. The van der Waals surface area contributed by atoms with Gasteiger partial charge in [0, 0.05) is 0 Å². The first kappa shape index (κ1) is 7.02. The molecule has 0 heterocycles. The zero-order valence-electron chi connectivity index (χ0n) is 5.03. The van der Waals surface area contributed by atoms with Crippen molar-refractivity contribution in [2.24, 2.45) is 0 Å². The van der Waals surface area contributed by atoms with Crippen molar-refractivity contribution in [2.45, 2.75) is 4.90 Å². The number of rotatable bonds is 1. The summed E-state index contributed by atoms with van der Waals surface area (Å²) in [6.45, 7) is 0. The number of hydrogen-bond acceptors (Lipinski definition) is 3. The van der Waals surface area contributed by atoms with E-state index in [0.29, 0.717) is 4.90 Å². The van der Waals surface area contributed by atoms with Crippen LogP contribution in [0.15, 0.2) is 29.2 Å². The van der Waals surface area contributed by atoms with Crippen molar-refractivity contribution in [1.29, 1.82) is 0 Å². The molecule has 3 heteroatoms. The number of aromatic carboxylic acids is 1. The van der Waals surface area contributed by atoms with E-state index < -0.39 is 5.97 Å². The molecule has 0 aliphatic rings. The lowest BCUT2D eigenvalue weighted by atomic mass is 10.2. The van der Waals surface area contributed by atoms with Crippen molar-refractivity contribution in [2.75, 3.05) is 0 Å². The fraction of sp³-hybridized carbons (Fsp3) is 0. The van der Waals surface area contributed by atoms with E-state index in [2.05, 4.69) is 0 Å². The van der Waals surface area contributed by atoms with Crippen molar-refractivity contribution in [3.63, 3.8) is 0 Å². The van der Waals surface area contributed by atoms with Crippen molar-refractivity contribution < 1.29 is 9.90 Å². The molecule has 0 N–H and O–H groups in total. The molecule has 0 aliphatic carbocycles. The summed E-state index contributed by atoms with van der Waals surface area (Å²) in [5.74, 6) is -1.19. The monoisotopic (exact) mass is 152 g/mol. The van der Waals surface area contributed by atoms with Gasteiger partial charge < -0.3 is 22.5 Å². The predicted octanol–water partition coefficient (Wildman–Crippen LogP) is -0.0441. The SMILES string of the molecule is O=C([O-])c1cccc([S-])c1. The Morgan fingerprint density at radius 1 is 1.50 bits per heavy atom. The summed E-state index contributed by atoms with van der Waals surface area (Å²) in [5.41, 5.74) is 0.132. The zero-order chi connectivity index (χ0) is 7.56. The second-order valence-electron chi connectivity index (χ2n) is 1.82. The Morgan fingerprint density at radius 2 is 2.20 bits per heavy atom. The summed E-state index contributed by atoms with van der Waals surface area (Å²) in [5, 5.41) is 10.2. The second kappa shape index (κ2) is 2.66. The van der Waals surface area contributed by atoms with Gasteiger partial charge in [-0.05, 0) is 5.56 Å². The van der Waals surface area contributed by atoms with Gasteiger partial charge in [-0.1, -0.05) is 24.3 Å². The van der Waals surface area contributed by atoms with E-state index in [1.807, 2.05) is 0 Å². The van der Waals surface area contributed by atoms with Gasteiger partial charge in [0.2, 0.25) is 0 Å². The quantitative estimate of drug-likeness (QED) is 0.530. The summed E-state index contributed by atoms with van der Waals surface area (Å²) in [6, 6.07) is 6.09. The Bertz CT molecular complexity index is 258. The molecule has 0 aromatic heterocycles. The number of hydrogen-bond donors (Lipinski definition) is 0. The van der Waals surface area contributed by atoms with Crippen LogP contribution in [0, 0.1) is 0 Å². The van der Waals surface area contributed by atoms with E-state index >= 15 is 0 Å². The molecule has 0 aliphatic heterocycles. The highest BCUT2D eigenvalue weighted by atomic mass is 32.1. The summed E-state index contributed by atoms with van der Waals surface area (Å²) in [6.07, 6.45) is 0. The van der Waals surface area contributed by atoms with E-state index in [1.165, 1.54) is 12.1 Å². The van der Waals surface area contributed by atoms with Crippen LogP contribution in [0.1, 0.15) is 10.4 Å². The van der Waals surface area contributed by atoms with Gasteiger partial charge in [-0.15, -0.1) is 0 Å². The lowest BCUT2D eigenvalue weighted by Gasteiger charge is -2.07. The van der Waals surface area contributed by atoms with Gasteiger partial charge in [0.15, 0.2) is 0 Å². The normalized spacial score (nSPS) is 9.20. The first-order valence-electron chi connectivity index (χ1n) is 2.68. The maximum Gasteiger partial charge on any atom is 0.0714 e. The molecular formula is C7H4O2S-2. The first-order chi connectivity index (χ1) is 4.70. The number of benzene rings is 1. The molecule has 0 fully saturated rings. The summed E-state index contributed by atoms with van der Waals surface area (Å²) in [7, 11) is 0. The third-order valence-corrected chi connectivity index (χ3v) is 1.32. The van der Waals surface area contributed by atoms with Gasteiger partial charge in [-0.25, -0.2) is 0 Å². The maximum atomic E-state index is 10.2. The minimum atomic E-state index is -1.19. The Kier molecular flexibility index (Phi) is 1.87. The number of carbonyl (C=O) groups is 1. The Hall–Kier alpha value is -1.09. The van der Waals surface area contributed by atoms with Crippen LogP contribution < -0.4 is 5.11 Å². The van der Waals surface area contributed by atoms with Gasteiger partial charge in [0.1, 0.15) is 0 Å². The highest BCUT2D eigenvalue weighted by Gasteiger charge is 1.87. The molecule has 1 aromatic carbocycles. The van der Waals surface area contributed by atoms with E-state index in [4.69, 9.17) is 12.6 Å². The molecule has 52 valence electrons. The Morgan fingerprint density at radius 3 is 2.60 bits per heavy atom. The molecule has 0 amide bonds. The van der Waals surface area contributed by atoms with Crippen LogP contribution in [-0.2, 0) is 12.6 Å². The van der Waals surface area contributed by atoms with Crippen LogP contribution in [0.5, 0.6) is 0 Å². The highest BCUT2D eigenvalue weighted by molar-refractivity contribution is 7.58. The largest absolute Gasteiger partial charge is 0.780 e. The minimum absolute atomic E-state index is 0.132. The summed E-state index contributed by atoms with van der Waals surface area (Å²) < 4.78 is 0. The molecule has 1 rings (SSSR count). The van der Waals surface area contributed by atoms with Gasteiger partial charge in [-0.2, -0.15) is 4.90 Å². The van der Waals surface area contributed by atoms with Crippen molar-refractivity contribution >= 4 is 18.6 Å². The average Bonchev–Trinajstić information content (AvgIpc) is 1.88. The van der Waals surface area contributed by atoms with Crippen LogP contribution in [0.25, 0.3) is 0 Å². The lowest BCUT2D eigenvalue weighted by Crippen LogP contribution is -2.22. The first-order valence-corrected chi connectivity index (χ1v) is 3.09. The molecule has 1 aromatic rings. The van der Waals surface area contributed by atoms with Crippen molar-refractivity contribution in [3.05, 3.63) is 29.8 Å². The zero-order valence-corrected chi connectivity index (χ0v) is 5.85. The Balaban J connectivity index is 3.07. The molecule has 10 heavy (non-hydrogen) atoms. The van der Waals surface area contributed by atoms with Crippen molar-refractivity contribution in [3.8, 4) is 0 Å². The highest BCUT2D eigenvalue weighted by Crippen LogP contribution is 2.02. The standard InChI is InChI=1S/C7H6O2S/c8-7(9)5-2-1-3-6(10)4-5/h1-4,10H,(H,8,9)/p-2. The van der Waals surface area contributed by atoms with E-state index in [1.54, 1.807) is 12.1 Å². The fourth-order valence-corrected chi connectivity index (χ4v) is 0.829. The van der Waals surface area contributed by atoms with Gasteiger partial charge in [0.05, 0.1) is 5.97 Å². The van der Waals surface area contributed by atoms with E-state index in [0.717, 1.165) is 0 Å². The van der Waals surface area contributed by atoms with Gasteiger partial charge in [0.25, 0.3) is 0 Å². The summed E-state index contributed by atoms with van der Waals surface area (Å²) in [4.78, 5) is 10.7. The topological polar surface area (TPSA) is 40.1 Å². The minimum Gasteiger partial charge on any atom is -0.780 e. The molecule has 2 nitrogen and oxygen atoms in total. The molecule has 0 radical (unpaired) electrons.